The van der Waals surface area contributed by atoms with E-state index >= 15 is 0 Å². The number of fused-ring (bicyclic) bond motifs is 7. The third-order valence-electron chi connectivity index (χ3n) is 10.8. The summed E-state index contributed by atoms with van der Waals surface area (Å²) in [7, 11) is 0. The summed E-state index contributed by atoms with van der Waals surface area (Å²) in [6.45, 7) is 0. The van der Waals surface area contributed by atoms with Crippen LogP contribution < -0.4 is 0 Å². The van der Waals surface area contributed by atoms with Gasteiger partial charge in [0.25, 0.3) is 0 Å². The molecule has 0 amide bonds. The monoisotopic (exact) mass is 747 g/mol. The Bertz CT molecular complexity index is 3200. The van der Waals surface area contributed by atoms with Gasteiger partial charge in [0.1, 0.15) is 11.6 Å². The lowest BCUT2D eigenvalue weighted by atomic mass is 9.94. The number of nitrogens with zero attached hydrogens (tertiary/aromatic N) is 5. The Hall–Kier alpha value is -7.28. The average molecular weight is 748 g/mol. The van der Waals surface area contributed by atoms with Crippen LogP contribution in [0.5, 0.6) is 0 Å². The predicted octanol–water partition coefficient (Wildman–Crippen LogP) is 13.0. The van der Waals surface area contributed by atoms with E-state index in [-0.39, 0.29) is 0 Å². The fourth-order valence-corrected chi connectivity index (χ4v) is 9.41. The highest BCUT2D eigenvalue weighted by atomic mass is 32.1. The quantitative estimate of drug-likeness (QED) is 0.163. The predicted molar refractivity (Wildman–Crippen MR) is 236 cm³/mol. The normalized spacial score (nSPS) is 11.6. The molecule has 4 heterocycles. The zero-order valence-electron chi connectivity index (χ0n) is 30.7. The summed E-state index contributed by atoms with van der Waals surface area (Å²) in [6.07, 6.45) is 2.46. The van der Waals surface area contributed by atoms with E-state index in [0.29, 0.717) is 23.9 Å². The van der Waals surface area contributed by atoms with Crippen molar-refractivity contribution in [2.75, 3.05) is 0 Å². The van der Waals surface area contributed by atoms with Gasteiger partial charge in [-0.25, -0.2) is 19.9 Å². The first-order valence-electron chi connectivity index (χ1n) is 19.1. The number of benzene rings is 7. The lowest BCUT2D eigenvalue weighted by molar-refractivity contribution is 0.914. The van der Waals surface area contributed by atoms with Gasteiger partial charge in [-0.2, -0.15) is 0 Å². The lowest BCUT2D eigenvalue weighted by Crippen LogP contribution is -2.08. The minimum atomic E-state index is 0.436. The Kier molecular flexibility index (Phi) is 8.00. The molecule has 0 saturated carbocycles. The summed E-state index contributed by atoms with van der Waals surface area (Å²) in [6, 6.07) is 63.7. The van der Waals surface area contributed by atoms with Crippen LogP contribution in [-0.2, 0) is 6.42 Å². The Morgan fingerprint density at radius 1 is 0.456 bits per heavy atom. The molecule has 0 saturated heterocycles. The zero-order chi connectivity index (χ0) is 37.7. The summed E-state index contributed by atoms with van der Waals surface area (Å²) in [5.41, 5.74) is 9.57. The van der Waals surface area contributed by atoms with Crippen molar-refractivity contribution in [3.8, 4) is 50.8 Å². The van der Waals surface area contributed by atoms with E-state index in [1.165, 1.54) is 30.9 Å². The van der Waals surface area contributed by atoms with Crippen molar-refractivity contribution in [3.63, 3.8) is 0 Å². The van der Waals surface area contributed by atoms with Crippen molar-refractivity contribution in [2.24, 2.45) is 0 Å². The topological polar surface area (TPSA) is 56.5 Å². The van der Waals surface area contributed by atoms with Crippen molar-refractivity contribution >= 4 is 53.3 Å². The van der Waals surface area contributed by atoms with E-state index in [1.54, 1.807) is 0 Å². The van der Waals surface area contributed by atoms with E-state index in [9.17, 15) is 0 Å². The molecule has 0 N–H and O–H groups in total. The Balaban J connectivity index is 1.17. The minimum absolute atomic E-state index is 0.436. The van der Waals surface area contributed by atoms with Crippen LogP contribution >= 0.6 is 11.3 Å². The largest absolute Gasteiger partial charge is 0.293 e. The van der Waals surface area contributed by atoms with E-state index in [0.717, 1.165) is 55.8 Å². The fourth-order valence-electron chi connectivity index (χ4n) is 8.15. The highest BCUT2D eigenvalue weighted by Crippen LogP contribution is 2.44. The molecule has 0 unspecified atom stereocenters. The van der Waals surface area contributed by atoms with Gasteiger partial charge in [0.05, 0.1) is 11.0 Å². The third kappa shape index (κ3) is 5.77. The number of thiophene rings is 1. The molecule has 268 valence electrons. The first-order valence-corrected chi connectivity index (χ1v) is 19.9. The van der Waals surface area contributed by atoms with E-state index in [1.807, 2.05) is 53.9 Å². The highest BCUT2D eigenvalue weighted by Gasteiger charge is 2.22. The summed E-state index contributed by atoms with van der Waals surface area (Å²) >= 11 is 1.86. The summed E-state index contributed by atoms with van der Waals surface area (Å²) in [5.74, 6) is 2.81. The molecule has 6 heteroatoms. The van der Waals surface area contributed by atoms with E-state index < -0.39 is 0 Å². The number of aromatic nitrogens is 5. The minimum Gasteiger partial charge on any atom is -0.293 e. The molecule has 11 aromatic rings. The van der Waals surface area contributed by atoms with Gasteiger partial charge >= 0.3 is 0 Å². The highest BCUT2D eigenvalue weighted by molar-refractivity contribution is 7.26. The molecule has 0 aliphatic rings. The fraction of sp³-hybridized carbons (Fsp3) is 0.0196. The van der Waals surface area contributed by atoms with E-state index in [4.69, 9.17) is 19.9 Å². The van der Waals surface area contributed by atoms with Crippen LogP contribution in [-0.4, -0.2) is 24.5 Å². The molecule has 4 aromatic heterocycles. The first kappa shape index (κ1) is 33.1. The number of pyridine rings is 1. The summed E-state index contributed by atoms with van der Waals surface area (Å²) in [5, 5.41) is 5.01. The van der Waals surface area contributed by atoms with Gasteiger partial charge < -0.3 is 0 Å². The Labute approximate surface area is 333 Å². The second-order valence-corrected chi connectivity index (χ2v) is 15.3. The second kappa shape index (κ2) is 13.8. The Morgan fingerprint density at radius 2 is 1.04 bits per heavy atom. The molecular weight excluding hydrogens is 715 g/mol. The maximum absolute atomic E-state index is 5.41. The Morgan fingerprint density at radius 3 is 1.74 bits per heavy atom. The van der Waals surface area contributed by atoms with Gasteiger partial charge in [-0.1, -0.05) is 158 Å². The number of hydrogen-bond donors (Lipinski definition) is 0. The second-order valence-electron chi connectivity index (χ2n) is 14.2. The number of para-hydroxylation sites is 1. The maximum Gasteiger partial charge on any atom is 0.163 e. The number of rotatable bonds is 7. The van der Waals surface area contributed by atoms with Crippen molar-refractivity contribution in [1.82, 2.24) is 24.5 Å². The molecule has 11 rings (SSSR count). The van der Waals surface area contributed by atoms with Crippen molar-refractivity contribution in [2.45, 2.75) is 6.42 Å². The maximum atomic E-state index is 5.41. The molecule has 57 heavy (non-hydrogen) atoms. The molecule has 0 bridgehead atoms. The zero-order valence-corrected chi connectivity index (χ0v) is 31.6. The van der Waals surface area contributed by atoms with Gasteiger partial charge in [0.2, 0.25) is 0 Å². The van der Waals surface area contributed by atoms with Gasteiger partial charge in [-0.05, 0) is 41.0 Å². The molecule has 0 radical (unpaired) electrons. The van der Waals surface area contributed by atoms with Crippen molar-refractivity contribution in [3.05, 3.63) is 200 Å². The van der Waals surface area contributed by atoms with Gasteiger partial charge in [-0.3, -0.25) is 4.57 Å². The summed E-state index contributed by atoms with van der Waals surface area (Å²) in [4.78, 5) is 20.7. The van der Waals surface area contributed by atoms with Crippen LogP contribution in [0.25, 0.3) is 92.8 Å². The van der Waals surface area contributed by atoms with Crippen molar-refractivity contribution < 1.29 is 0 Å². The average Bonchev–Trinajstić information content (AvgIpc) is 3.83. The van der Waals surface area contributed by atoms with Crippen molar-refractivity contribution in [1.29, 1.82) is 0 Å². The van der Waals surface area contributed by atoms with Crippen LogP contribution in [0.15, 0.2) is 188 Å². The molecule has 0 spiro atoms. The van der Waals surface area contributed by atoms with E-state index in [2.05, 4.69) is 150 Å². The lowest BCUT2D eigenvalue weighted by Gasteiger charge is -2.16. The van der Waals surface area contributed by atoms with Crippen LogP contribution in [0.2, 0.25) is 0 Å². The molecule has 0 fully saturated rings. The molecule has 0 aliphatic carbocycles. The molecule has 0 atom stereocenters. The third-order valence-corrected chi connectivity index (χ3v) is 12.0. The van der Waals surface area contributed by atoms with Crippen LogP contribution in [0.1, 0.15) is 11.4 Å². The molecule has 0 aliphatic heterocycles. The molecular formula is C51H33N5S. The van der Waals surface area contributed by atoms with Gasteiger partial charge in [0, 0.05) is 65.8 Å². The molecule has 5 nitrogen and oxygen atoms in total. The van der Waals surface area contributed by atoms with Gasteiger partial charge in [-0.15, -0.1) is 11.3 Å². The smallest absolute Gasteiger partial charge is 0.163 e. The van der Waals surface area contributed by atoms with Crippen LogP contribution in [0.3, 0.4) is 0 Å². The standard InChI is InChI=1S/C51H33N5S/c1-4-16-33(17-5-1)38-22-10-11-23-39(38)37-30-36(31-46-53-49(34-18-6-2-7-19-34)55-50(54-46)35-20-8-3-9-21-35)51(52-32-37)56-43-26-14-12-25-42(43)47-44(56)29-28-41-40-24-13-15-27-45(40)57-48(41)47/h1-30,32H,31H2. The van der Waals surface area contributed by atoms with Crippen LogP contribution in [0, 0.1) is 0 Å². The van der Waals surface area contributed by atoms with Crippen LogP contribution in [0.4, 0.5) is 0 Å². The van der Waals surface area contributed by atoms with Gasteiger partial charge in [0.15, 0.2) is 11.6 Å². The number of hydrogen-bond acceptors (Lipinski definition) is 5. The first-order chi connectivity index (χ1) is 28.3. The molecule has 7 aromatic carbocycles. The summed E-state index contributed by atoms with van der Waals surface area (Å²) < 4.78 is 4.92. The SMILES string of the molecule is c1ccc(-c2nc(Cc3cc(-c4ccccc4-c4ccccc4)cnc3-n3c4ccccc4c4c5sc6ccccc6c5ccc43)nc(-c3ccccc3)n2)cc1.